The molecule has 1 aliphatic carbocycles. The molecule has 3 rings (SSSR count). The van der Waals surface area contributed by atoms with Crippen molar-refractivity contribution in [3.05, 3.63) is 0 Å². The van der Waals surface area contributed by atoms with Crippen LogP contribution in [0.15, 0.2) is 0 Å². The Kier molecular flexibility index (Phi) is 3.89. The molecule has 1 N–H and O–H groups in total. The summed E-state index contributed by atoms with van der Waals surface area (Å²) in [5, 5.41) is 3.64. The highest BCUT2D eigenvalue weighted by Gasteiger charge is 2.42. The highest BCUT2D eigenvalue weighted by Crippen LogP contribution is 2.33. The van der Waals surface area contributed by atoms with Crippen LogP contribution in [0.5, 0.6) is 0 Å². The zero-order chi connectivity index (χ0) is 12.4. The fraction of sp³-hybridized carbons (Fsp3) is 1.00. The lowest BCUT2D eigenvalue weighted by molar-refractivity contribution is -0.210. The van der Waals surface area contributed by atoms with Gasteiger partial charge in [-0.1, -0.05) is 6.92 Å². The monoisotopic (exact) mass is 255 g/mol. The second-order valence-electron chi connectivity index (χ2n) is 6.10. The van der Waals surface area contributed by atoms with Crippen LogP contribution in [0.2, 0.25) is 0 Å². The first kappa shape index (κ1) is 12.9. The van der Waals surface area contributed by atoms with Gasteiger partial charge in [0.1, 0.15) is 0 Å². The van der Waals surface area contributed by atoms with Crippen molar-refractivity contribution in [1.29, 1.82) is 0 Å². The lowest BCUT2D eigenvalue weighted by Gasteiger charge is -2.31. The topological polar surface area (TPSA) is 39.7 Å². The van der Waals surface area contributed by atoms with Crippen LogP contribution in [0.4, 0.5) is 0 Å². The maximum Gasteiger partial charge on any atom is 0.173 e. The van der Waals surface area contributed by atoms with E-state index in [0.717, 1.165) is 45.1 Å². The summed E-state index contributed by atoms with van der Waals surface area (Å²) in [6, 6.07) is 0.690. The molecule has 18 heavy (non-hydrogen) atoms. The quantitative estimate of drug-likeness (QED) is 0.833. The van der Waals surface area contributed by atoms with Gasteiger partial charge in [0.25, 0.3) is 0 Å². The average molecular weight is 255 g/mol. The first-order valence-electron chi connectivity index (χ1n) is 7.39. The van der Waals surface area contributed by atoms with Gasteiger partial charge in [-0.3, -0.25) is 0 Å². The molecule has 1 spiro atoms. The molecule has 3 fully saturated rings. The minimum absolute atomic E-state index is 0.221. The molecule has 3 aliphatic rings. The number of hydrogen-bond acceptors (Lipinski definition) is 4. The van der Waals surface area contributed by atoms with E-state index in [9.17, 15) is 0 Å². The number of nitrogens with one attached hydrogen (secondary N) is 1. The Labute approximate surface area is 109 Å². The Morgan fingerprint density at radius 1 is 1.22 bits per heavy atom. The first-order chi connectivity index (χ1) is 8.76. The second-order valence-corrected chi connectivity index (χ2v) is 6.10. The van der Waals surface area contributed by atoms with Crippen molar-refractivity contribution in [1.82, 2.24) is 5.32 Å². The molecule has 3 atom stereocenters. The van der Waals surface area contributed by atoms with Crippen molar-refractivity contribution in [2.24, 2.45) is 5.92 Å². The van der Waals surface area contributed by atoms with E-state index in [2.05, 4.69) is 12.2 Å². The summed E-state index contributed by atoms with van der Waals surface area (Å²) >= 11 is 0. The molecule has 2 saturated heterocycles. The summed E-state index contributed by atoms with van der Waals surface area (Å²) in [5.74, 6) is 0.554. The van der Waals surface area contributed by atoms with Crippen molar-refractivity contribution >= 4 is 0 Å². The van der Waals surface area contributed by atoms with Crippen molar-refractivity contribution in [3.8, 4) is 0 Å². The van der Waals surface area contributed by atoms with Gasteiger partial charge in [-0.05, 0) is 25.2 Å². The zero-order valence-electron chi connectivity index (χ0n) is 11.3. The normalized spacial score (nSPS) is 39.5. The molecule has 0 bridgehead atoms. The highest BCUT2D eigenvalue weighted by atomic mass is 16.7. The Hall–Kier alpha value is -0.160. The summed E-state index contributed by atoms with van der Waals surface area (Å²) in [6.45, 7) is 5.53. The van der Waals surface area contributed by atoms with Crippen LogP contribution in [-0.4, -0.2) is 44.3 Å². The predicted molar refractivity (Wildman–Crippen MR) is 68.4 cm³/mol. The molecule has 1 saturated carbocycles. The van der Waals surface area contributed by atoms with Gasteiger partial charge in [-0.15, -0.1) is 0 Å². The van der Waals surface area contributed by atoms with Crippen LogP contribution in [0.1, 0.15) is 39.0 Å². The summed E-state index contributed by atoms with van der Waals surface area (Å²) in [6.07, 6.45) is 5.97. The van der Waals surface area contributed by atoms with E-state index < -0.39 is 0 Å². The van der Waals surface area contributed by atoms with Crippen LogP contribution in [0, 0.1) is 5.92 Å². The van der Waals surface area contributed by atoms with Crippen LogP contribution in [-0.2, 0) is 14.2 Å². The molecular weight excluding hydrogens is 230 g/mol. The van der Waals surface area contributed by atoms with Gasteiger partial charge in [-0.2, -0.15) is 0 Å². The van der Waals surface area contributed by atoms with Crippen LogP contribution in [0.25, 0.3) is 0 Å². The van der Waals surface area contributed by atoms with Crippen molar-refractivity contribution in [2.75, 3.05) is 26.4 Å². The van der Waals surface area contributed by atoms with Gasteiger partial charge in [0, 0.05) is 25.4 Å². The Bertz CT molecular complexity index is 278. The Morgan fingerprint density at radius 3 is 2.78 bits per heavy atom. The number of rotatable bonds is 3. The van der Waals surface area contributed by atoms with Crippen molar-refractivity contribution < 1.29 is 14.2 Å². The molecule has 4 heteroatoms. The van der Waals surface area contributed by atoms with Crippen molar-refractivity contribution in [3.63, 3.8) is 0 Å². The predicted octanol–water partition coefficient (Wildman–Crippen LogP) is 1.69. The third-order valence-electron chi connectivity index (χ3n) is 4.50. The summed E-state index contributed by atoms with van der Waals surface area (Å²) in [5.41, 5.74) is 0. The Morgan fingerprint density at radius 2 is 2.06 bits per heavy atom. The summed E-state index contributed by atoms with van der Waals surface area (Å²) in [7, 11) is 0. The van der Waals surface area contributed by atoms with Crippen LogP contribution in [0.3, 0.4) is 0 Å². The van der Waals surface area contributed by atoms with Gasteiger partial charge in [0.15, 0.2) is 5.79 Å². The maximum absolute atomic E-state index is 6.11. The molecule has 0 amide bonds. The van der Waals surface area contributed by atoms with Gasteiger partial charge in [-0.25, -0.2) is 0 Å². The van der Waals surface area contributed by atoms with Gasteiger partial charge >= 0.3 is 0 Å². The average Bonchev–Trinajstić information content (AvgIpc) is 2.96. The summed E-state index contributed by atoms with van der Waals surface area (Å²) < 4.78 is 17.4. The zero-order valence-corrected chi connectivity index (χ0v) is 11.3. The van der Waals surface area contributed by atoms with Gasteiger partial charge in [0.2, 0.25) is 0 Å². The van der Waals surface area contributed by atoms with E-state index in [-0.39, 0.29) is 11.9 Å². The minimum atomic E-state index is -0.326. The Balaban J connectivity index is 1.42. The second kappa shape index (κ2) is 5.45. The third kappa shape index (κ3) is 2.87. The smallest absolute Gasteiger partial charge is 0.173 e. The van der Waals surface area contributed by atoms with Crippen molar-refractivity contribution in [2.45, 2.75) is 57.0 Å². The fourth-order valence-electron chi connectivity index (χ4n) is 3.35. The number of ether oxygens (including phenoxy) is 3. The first-order valence-corrected chi connectivity index (χ1v) is 7.39. The van der Waals surface area contributed by atoms with E-state index in [1.807, 2.05) is 0 Å². The molecule has 104 valence electrons. The largest absolute Gasteiger partial charge is 0.381 e. The van der Waals surface area contributed by atoms with Crippen LogP contribution >= 0.6 is 0 Å². The fourth-order valence-corrected chi connectivity index (χ4v) is 3.35. The molecule has 0 aromatic heterocycles. The molecule has 0 aromatic carbocycles. The van der Waals surface area contributed by atoms with Gasteiger partial charge < -0.3 is 19.5 Å². The van der Waals surface area contributed by atoms with E-state index in [1.54, 1.807) is 0 Å². The number of hydrogen-bond donors (Lipinski definition) is 1. The van der Waals surface area contributed by atoms with E-state index in [0.29, 0.717) is 6.04 Å². The molecule has 0 unspecified atom stereocenters. The third-order valence-corrected chi connectivity index (χ3v) is 4.50. The molecule has 0 radical (unpaired) electrons. The molecular formula is C14H25NO3. The lowest BCUT2D eigenvalue weighted by Crippen LogP contribution is -2.40. The van der Waals surface area contributed by atoms with Crippen LogP contribution < -0.4 is 5.32 Å². The van der Waals surface area contributed by atoms with E-state index in [1.165, 1.54) is 19.3 Å². The summed E-state index contributed by atoms with van der Waals surface area (Å²) in [4.78, 5) is 0. The van der Waals surface area contributed by atoms with Gasteiger partial charge in [0.05, 0.1) is 25.9 Å². The molecule has 2 heterocycles. The maximum atomic E-state index is 6.11. The van der Waals surface area contributed by atoms with E-state index >= 15 is 0 Å². The molecule has 0 aromatic rings. The lowest BCUT2D eigenvalue weighted by atomic mass is 10.1. The van der Waals surface area contributed by atoms with E-state index in [4.69, 9.17) is 14.2 Å². The standard InChI is InChI=1S/C14H25NO3/c1-11-2-3-12(8-11)15-9-13-10-17-14(18-13)4-6-16-7-5-14/h11-13,15H,2-10H2,1H3/t11-,12+,13-/m1/s1. The molecule has 4 nitrogen and oxygen atoms in total. The SMILES string of the molecule is C[C@@H]1CC[C@H](NC[C@@H]2COC3(CCOCC3)O2)C1. The highest BCUT2D eigenvalue weighted by molar-refractivity contribution is 4.84. The minimum Gasteiger partial charge on any atom is -0.381 e. The molecule has 2 aliphatic heterocycles.